The smallest absolute Gasteiger partial charge is 0.308 e. The highest BCUT2D eigenvalue weighted by Crippen LogP contribution is 2.29. The van der Waals surface area contributed by atoms with Gasteiger partial charge in [-0.2, -0.15) is 5.10 Å². The first-order valence-corrected chi connectivity index (χ1v) is 9.11. The Morgan fingerprint density at radius 1 is 1.23 bits per heavy atom. The van der Waals surface area contributed by atoms with Crippen molar-refractivity contribution in [1.29, 1.82) is 0 Å². The number of aromatic nitrogens is 2. The van der Waals surface area contributed by atoms with E-state index in [0.717, 1.165) is 31.2 Å². The fourth-order valence-electron chi connectivity index (χ4n) is 3.40. The fraction of sp³-hybridized carbons (Fsp3) is 0.421. The first-order valence-electron chi connectivity index (χ1n) is 8.73. The summed E-state index contributed by atoms with van der Waals surface area (Å²) in [5, 5.41) is 10.5. The number of methoxy groups -OCH3 is 1. The van der Waals surface area contributed by atoms with Gasteiger partial charge >= 0.3 is 5.97 Å². The van der Waals surface area contributed by atoms with Gasteiger partial charge in [-0.15, -0.1) is 0 Å². The number of carbonyl (C=O) groups excluding carboxylic acids is 2. The minimum absolute atomic E-state index is 0.00247. The molecular formula is C19H22ClN3O3. The van der Waals surface area contributed by atoms with Crippen molar-refractivity contribution in [3.8, 4) is 11.3 Å². The van der Waals surface area contributed by atoms with Gasteiger partial charge in [-0.25, -0.2) is 0 Å². The molecule has 0 aliphatic heterocycles. The number of esters is 1. The number of ether oxygens (including phenoxy) is 1. The Morgan fingerprint density at radius 2 is 1.92 bits per heavy atom. The number of halogens is 1. The lowest BCUT2D eigenvalue weighted by Gasteiger charge is -2.26. The molecule has 1 saturated carbocycles. The third kappa shape index (κ3) is 4.25. The third-order valence-corrected chi connectivity index (χ3v) is 5.20. The summed E-state index contributed by atoms with van der Waals surface area (Å²) >= 11 is 5.92. The Labute approximate surface area is 157 Å². The van der Waals surface area contributed by atoms with Crippen LogP contribution in [0.2, 0.25) is 5.02 Å². The van der Waals surface area contributed by atoms with Crippen LogP contribution in [-0.2, 0) is 9.53 Å². The molecule has 1 aromatic heterocycles. The van der Waals surface area contributed by atoms with E-state index in [-0.39, 0.29) is 17.8 Å². The van der Waals surface area contributed by atoms with Crippen LogP contribution in [0.3, 0.4) is 0 Å². The maximum Gasteiger partial charge on any atom is 0.308 e. The van der Waals surface area contributed by atoms with Gasteiger partial charge in [0.25, 0.3) is 5.91 Å². The summed E-state index contributed by atoms with van der Waals surface area (Å²) in [5.41, 5.74) is 2.04. The molecule has 1 aromatic carbocycles. The molecule has 138 valence electrons. The molecule has 2 N–H and O–H groups in total. The molecule has 0 saturated heterocycles. The van der Waals surface area contributed by atoms with Crippen molar-refractivity contribution in [3.63, 3.8) is 0 Å². The predicted molar refractivity (Wildman–Crippen MR) is 98.8 cm³/mol. The van der Waals surface area contributed by atoms with Crippen LogP contribution in [0.1, 0.15) is 36.0 Å². The van der Waals surface area contributed by atoms with Crippen molar-refractivity contribution in [1.82, 2.24) is 15.5 Å². The van der Waals surface area contributed by atoms with E-state index in [9.17, 15) is 9.59 Å². The van der Waals surface area contributed by atoms with Crippen molar-refractivity contribution in [2.45, 2.75) is 25.7 Å². The van der Waals surface area contributed by atoms with E-state index in [1.54, 1.807) is 12.1 Å². The second kappa shape index (κ2) is 8.36. The van der Waals surface area contributed by atoms with Crippen molar-refractivity contribution < 1.29 is 14.3 Å². The average Bonchev–Trinajstić information content (AvgIpc) is 3.16. The predicted octanol–water partition coefficient (Wildman–Crippen LogP) is 3.44. The fourth-order valence-corrected chi connectivity index (χ4v) is 3.52. The van der Waals surface area contributed by atoms with E-state index < -0.39 is 0 Å². The topological polar surface area (TPSA) is 84.1 Å². The van der Waals surface area contributed by atoms with Gasteiger partial charge in [0, 0.05) is 17.1 Å². The Bertz CT molecular complexity index is 765. The summed E-state index contributed by atoms with van der Waals surface area (Å²) < 4.78 is 4.81. The van der Waals surface area contributed by atoms with Crippen LogP contribution in [-0.4, -0.2) is 35.7 Å². The average molecular weight is 376 g/mol. The highest BCUT2D eigenvalue weighted by molar-refractivity contribution is 6.30. The number of H-pyrrole nitrogens is 1. The zero-order chi connectivity index (χ0) is 18.5. The van der Waals surface area contributed by atoms with Crippen LogP contribution in [0.4, 0.5) is 0 Å². The molecule has 0 spiro atoms. The summed E-state index contributed by atoms with van der Waals surface area (Å²) in [6.07, 6.45) is 4.99. The highest BCUT2D eigenvalue weighted by atomic mass is 35.5. The Morgan fingerprint density at radius 3 is 2.58 bits per heavy atom. The molecule has 1 fully saturated rings. The first kappa shape index (κ1) is 18.5. The summed E-state index contributed by atoms with van der Waals surface area (Å²) in [4.78, 5) is 24.1. The molecule has 1 aliphatic rings. The molecule has 2 aromatic rings. The molecule has 0 bridgehead atoms. The van der Waals surface area contributed by atoms with Gasteiger partial charge in [0.2, 0.25) is 0 Å². The number of amides is 1. The molecule has 26 heavy (non-hydrogen) atoms. The number of benzene rings is 1. The highest BCUT2D eigenvalue weighted by Gasteiger charge is 2.27. The molecule has 0 radical (unpaired) electrons. The second-order valence-corrected chi connectivity index (χ2v) is 7.05. The van der Waals surface area contributed by atoms with E-state index in [1.165, 1.54) is 13.3 Å². The molecule has 6 nitrogen and oxygen atoms in total. The lowest BCUT2D eigenvalue weighted by Crippen LogP contribution is -2.32. The number of nitrogens with one attached hydrogen (secondary N) is 2. The van der Waals surface area contributed by atoms with E-state index >= 15 is 0 Å². The van der Waals surface area contributed by atoms with Gasteiger partial charge in [-0.05, 0) is 43.7 Å². The van der Waals surface area contributed by atoms with Crippen LogP contribution in [0.5, 0.6) is 0 Å². The molecule has 1 amide bonds. The molecule has 7 heteroatoms. The number of aromatic amines is 1. The molecule has 1 aliphatic carbocycles. The van der Waals surface area contributed by atoms with Gasteiger partial charge < -0.3 is 10.1 Å². The van der Waals surface area contributed by atoms with Gasteiger partial charge in [0.05, 0.1) is 30.5 Å². The minimum Gasteiger partial charge on any atom is -0.469 e. The molecular weight excluding hydrogens is 354 g/mol. The lowest BCUT2D eigenvalue weighted by molar-refractivity contribution is -0.146. The van der Waals surface area contributed by atoms with Gasteiger partial charge in [0.1, 0.15) is 0 Å². The standard InChI is InChI=1S/C19H22ClN3O3/c1-26-19(25)14-4-2-12(3-5-14)10-21-18(24)16-11-22-23-17(16)13-6-8-15(20)9-7-13/h6-9,11-12,14H,2-5,10H2,1H3,(H,21,24)(H,22,23). The number of hydrogen-bond donors (Lipinski definition) is 2. The largest absolute Gasteiger partial charge is 0.469 e. The van der Waals surface area contributed by atoms with E-state index in [2.05, 4.69) is 15.5 Å². The first-order chi connectivity index (χ1) is 12.6. The molecule has 0 atom stereocenters. The quantitative estimate of drug-likeness (QED) is 0.784. The van der Waals surface area contributed by atoms with Crippen molar-refractivity contribution in [2.75, 3.05) is 13.7 Å². The van der Waals surface area contributed by atoms with Crippen LogP contribution in [0, 0.1) is 11.8 Å². The molecule has 3 rings (SSSR count). The monoisotopic (exact) mass is 375 g/mol. The normalized spacial score (nSPS) is 19.8. The maximum absolute atomic E-state index is 12.6. The van der Waals surface area contributed by atoms with Crippen LogP contribution in [0.15, 0.2) is 30.5 Å². The summed E-state index contributed by atoms with van der Waals surface area (Å²) in [6, 6.07) is 7.25. The maximum atomic E-state index is 12.6. The second-order valence-electron chi connectivity index (χ2n) is 6.62. The number of nitrogens with zero attached hydrogens (tertiary/aromatic N) is 1. The van der Waals surface area contributed by atoms with Crippen LogP contribution in [0.25, 0.3) is 11.3 Å². The zero-order valence-electron chi connectivity index (χ0n) is 14.6. The number of hydrogen-bond acceptors (Lipinski definition) is 4. The van der Waals surface area contributed by atoms with Gasteiger partial charge in [-0.1, -0.05) is 23.7 Å². The minimum atomic E-state index is -0.154. The van der Waals surface area contributed by atoms with Crippen molar-refractivity contribution in [2.24, 2.45) is 11.8 Å². The third-order valence-electron chi connectivity index (χ3n) is 4.95. The van der Waals surface area contributed by atoms with Gasteiger partial charge in [-0.3, -0.25) is 14.7 Å². The zero-order valence-corrected chi connectivity index (χ0v) is 15.4. The van der Waals surface area contributed by atoms with Crippen LogP contribution >= 0.6 is 11.6 Å². The van der Waals surface area contributed by atoms with E-state index in [1.807, 2.05) is 12.1 Å². The SMILES string of the molecule is COC(=O)C1CCC(CNC(=O)c2cn[nH]c2-c2ccc(Cl)cc2)CC1. The lowest BCUT2D eigenvalue weighted by atomic mass is 9.82. The summed E-state index contributed by atoms with van der Waals surface area (Å²) in [7, 11) is 1.43. The Kier molecular flexibility index (Phi) is 5.93. The number of rotatable bonds is 5. The summed E-state index contributed by atoms with van der Waals surface area (Å²) in [5.74, 6) is 0.0975. The van der Waals surface area contributed by atoms with E-state index in [4.69, 9.17) is 16.3 Å². The Balaban J connectivity index is 1.56. The van der Waals surface area contributed by atoms with Crippen molar-refractivity contribution in [3.05, 3.63) is 41.0 Å². The van der Waals surface area contributed by atoms with Crippen LogP contribution < -0.4 is 5.32 Å². The molecule has 0 unspecified atom stereocenters. The molecule has 1 heterocycles. The van der Waals surface area contributed by atoms with Gasteiger partial charge in [0.15, 0.2) is 0 Å². The summed E-state index contributed by atoms with van der Waals surface area (Å²) in [6.45, 7) is 0.595. The van der Waals surface area contributed by atoms with Crippen molar-refractivity contribution >= 4 is 23.5 Å². The van der Waals surface area contributed by atoms with E-state index in [0.29, 0.717) is 28.7 Å². The number of carbonyl (C=O) groups is 2. The Hall–Kier alpha value is -2.34.